The zero-order chi connectivity index (χ0) is 65.9. The lowest BCUT2D eigenvalue weighted by atomic mass is 9.44. The Morgan fingerprint density at radius 2 is 1.62 bits per heavy atom. The van der Waals surface area contributed by atoms with Gasteiger partial charge < -0.3 is 93.5 Å². The number of thioether (sulfide) groups is 1. The molecule has 7 aliphatic rings. The quantitative estimate of drug-likeness (QED) is 0.0173. The maximum absolute atomic E-state index is 14.5. The van der Waals surface area contributed by atoms with Gasteiger partial charge in [0, 0.05) is 74.2 Å². The van der Waals surface area contributed by atoms with Gasteiger partial charge in [-0.3, -0.25) is 19.2 Å². The first-order chi connectivity index (χ1) is 42.6. The lowest BCUT2D eigenvalue weighted by Crippen LogP contribution is -2.69. The van der Waals surface area contributed by atoms with Gasteiger partial charge in [0.2, 0.25) is 23.1 Å². The van der Waals surface area contributed by atoms with E-state index in [2.05, 4.69) is 34.5 Å². The molecule has 4 heterocycles. The third kappa shape index (κ3) is 15.1. The summed E-state index contributed by atoms with van der Waals surface area (Å²) in [7, 11) is 8.55. The fraction of sp³-hybridized carbons (Fsp3) is 0.710. The topological polar surface area (TPSA) is 330 Å². The van der Waals surface area contributed by atoms with Gasteiger partial charge in [0.25, 0.3) is 0 Å². The number of Topliss-reactive ketones (excluding diaryl/α,β-unsaturated/α-hetero) is 2. The third-order valence-electron chi connectivity index (χ3n) is 17.6. The van der Waals surface area contributed by atoms with E-state index in [4.69, 9.17) is 62.7 Å². The van der Waals surface area contributed by atoms with E-state index in [9.17, 15) is 44.7 Å². The normalized spacial score (nSPS) is 38.5. The van der Waals surface area contributed by atoms with Gasteiger partial charge in [0.15, 0.2) is 30.4 Å². The molecule has 0 radical (unpaired) electrons. The number of hydrogen-bond donors (Lipinski definition) is 8. The van der Waals surface area contributed by atoms with Crippen LogP contribution in [0.1, 0.15) is 103 Å². The number of methoxy groups -OCH3 is 4. The van der Waals surface area contributed by atoms with Gasteiger partial charge in [-0.2, -0.15) is 5.48 Å². The highest BCUT2D eigenvalue weighted by Gasteiger charge is 2.78. The van der Waals surface area contributed by atoms with Gasteiger partial charge in [0.1, 0.15) is 53.8 Å². The number of halogens is 1. The number of allylic oxidation sites excluding steroid dienone is 2. The Labute approximate surface area is 551 Å². The van der Waals surface area contributed by atoms with E-state index in [1.165, 1.54) is 49.8 Å². The number of hydroxylamine groups is 1. The van der Waals surface area contributed by atoms with Gasteiger partial charge in [-0.1, -0.05) is 70.0 Å². The van der Waals surface area contributed by atoms with Crippen LogP contribution in [0.5, 0.6) is 17.2 Å². The fourth-order valence-electron chi connectivity index (χ4n) is 13.2. The van der Waals surface area contributed by atoms with Crippen molar-refractivity contribution in [1.82, 2.24) is 10.8 Å². The smallest absolute Gasteiger partial charge is 0.229 e. The van der Waals surface area contributed by atoms with Crippen molar-refractivity contribution in [3.05, 3.63) is 38.0 Å². The Hall–Kier alpha value is -3.16. The molecule has 1 aromatic rings. The first-order valence-corrected chi connectivity index (χ1v) is 34.3. The summed E-state index contributed by atoms with van der Waals surface area (Å²) < 4.78 is 67.8. The molecule has 28 heteroatoms. The molecule has 3 unspecified atom stereocenters. The predicted molar refractivity (Wildman–Crippen MR) is 341 cm³/mol. The number of primary amides is 1. The molecule has 4 saturated heterocycles. The standard InChI is InChI=1S/C62H86IN3O21S3/c1-14-65-36-27-80-42(24-40(36)76-10)85-54-49(72)47(66-87-43-23-37(68)56(33(7)81-43)89-57(74)44-30(4)46(63)52(55(79-13)51(44)77-11)86-58-50(73)53(78-12)48(71)32(6)83-58)31(5)82-59(54)84-39-17-15-16-28(2)18-20-61-35(22-29(3)67)38(69)25-62(61,75)34(45(39)61)19-21-88-90-60(8,9)26-41(64)70/h16,19,31-33,35-37,39-40,42-43,45,47-50,53-54,56,58-59,65-66,68,71-73,75H,14,21-27H2,1-13H3,(H2,64,70)/b28-16-,34-19+/t31-,32+,33-,35?,36+,37+,39+,40+,42+,43+,45?,47-,48+,49+,50-,53-,54-,56-,58+,59+,61?,62+/m1/s1. The number of aliphatic hydroxyl groups excluding tert-OH is 4. The number of nitrogens with one attached hydrogen (secondary N) is 2. The van der Waals surface area contributed by atoms with E-state index in [1.54, 1.807) is 47.8 Å². The Morgan fingerprint density at radius 3 is 2.27 bits per heavy atom. The lowest BCUT2D eigenvalue weighted by molar-refractivity contribution is -0.342. The number of hydrogen-bond acceptors (Lipinski definition) is 26. The van der Waals surface area contributed by atoms with Crippen LogP contribution in [0, 0.1) is 51.4 Å². The van der Waals surface area contributed by atoms with Crippen molar-refractivity contribution >= 4 is 78.5 Å². The van der Waals surface area contributed by atoms with Gasteiger partial charge >= 0.3 is 0 Å². The molecule has 24 nitrogen and oxygen atoms in total. The van der Waals surface area contributed by atoms with Crippen molar-refractivity contribution in [2.24, 2.45) is 23.0 Å². The average molecular weight is 1430 g/mol. The van der Waals surface area contributed by atoms with Crippen molar-refractivity contribution in [3.63, 3.8) is 0 Å². The Bertz CT molecular complexity index is 2980. The van der Waals surface area contributed by atoms with Crippen LogP contribution < -0.4 is 30.7 Å². The van der Waals surface area contributed by atoms with E-state index >= 15 is 0 Å². The second-order valence-electron chi connectivity index (χ2n) is 24.3. The van der Waals surface area contributed by atoms with Crippen LogP contribution in [0.15, 0.2) is 23.3 Å². The molecular formula is C62H86IN3O21S3. The monoisotopic (exact) mass is 1430 g/mol. The molecule has 2 saturated carbocycles. The van der Waals surface area contributed by atoms with Crippen LogP contribution in [0.3, 0.4) is 0 Å². The summed E-state index contributed by atoms with van der Waals surface area (Å²) in [5, 5.41) is 61.2. The molecular weight excluding hydrogens is 1350 g/mol. The van der Waals surface area contributed by atoms with Crippen molar-refractivity contribution in [2.45, 2.75) is 214 Å². The number of rotatable bonds is 25. The molecule has 6 fully saturated rings. The number of aliphatic hydroxyl groups is 5. The minimum Gasteiger partial charge on any atom is -0.492 e. The van der Waals surface area contributed by atoms with E-state index in [0.717, 1.165) is 11.8 Å². The molecule has 1 aromatic carbocycles. The van der Waals surface area contributed by atoms with E-state index in [1.807, 2.05) is 49.4 Å². The van der Waals surface area contributed by atoms with Crippen LogP contribution in [0.2, 0.25) is 0 Å². The van der Waals surface area contributed by atoms with E-state index in [0.29, 0.717) is 32.6 Å². The number of ether oxygens (including phenoxy) is 11. The van der Waals surface area contributed by atoms with E-state index < -0.39 is 136 Å². The van der Waals surface area contributed by atoms with Gasteiger partial charge in [-0.15, -0.1) is 0 Å². The highest BCUT2D eigenvalue weighted by molar-refractivity contribution is 14.1. The second kappa shape index (κ2) is 30.7. The number of carbonyl (C=O) groups is 4. The van der Waals surface area contributed by atoms with Crippen molar-refractivity contribution in [1.29, 1.82) is 0 Å². The number of carbonyl (C=O) groups excluding carboxylic acids is 4. The van der Waals surface area contributed by atoms with Crippen molar-refractivity contribution < 1.29 is 102 Å². The molecule has 500 valence electrons. The number of likely N-dealkylation sites (N-methyl/N-ethyl adjacent to an activating group) is 1. The maximum atomic E-state index is 14.5. The SMILES string of the molecule is CCN[C@H]1CO[C@@H](O[C@H]2[C@H](O[C@H]3C#C/C=C(/C)C#CC45C(CC(C)=O)C(=O)C[C@]4(O)/C(=C/CSSC(C)(C)CC(N)=O)C35)O[C@H](C)[C@@H](NO[C@H]3C[C@H](O)[C@H](SC(=O)c4c(C)c(I)c(O[C@@H]5O[C@@H](C)[C@H](O)[C@@H](OC)[C@H]5O)c(OC)c4OC)[C@@H](C)O3)[C@@H]2O)C[C@@H]1OC. The number of ketones is 2. The summed E-state index contributed by atoms with van der Waals surface area (Å²) in [5.74, 6) is 10.2. The summed E-state index contributed by atoms with van der Waals surface area (Å²) in [6.45, 7) is 16.4. The van der Waals surface area contributed by atoms with Crippen molar-refractivity contribution in [2.75, 3.05) is 47.3 Å². The minimum absolute atomic E-state index is 0.0283. The zero-order valence-corrected chi connectivity index (χ0v) is 57.4. The Balaban J connectivity index is 1.03. The summed E-state index contributed by atoms with van der Waals surface area (Å²) in [6.07, 6.45) is -13.3. The number of nitrogens with two attached hydrogens (primary N) is 1. The van der Waals surface area contributed by atoms with Crippen LogP contribution in [-0.2, 0) is 57.1 Å². The molecule has 9 N–H and O–H groups in total. The van der Waals surface area contributed by atoms with E-state index in [-0.39, 0.29) is 85.2 Å². The summed E-state index contributed by atoms with van der Waals surface area (Å²) in [4.78, 5) is 59.8. The van der Waals surface area contributed by atoms with Gasteiger partial charge in [-0.05, 0) is 102 Å². The zero-order valence-electron chi connectivity index (χ0n) is 52.8. The first kappa shape index (κ1) is 72.7. The fourth-order valence-corrected chi connectivity index (χ4v) is 17.3. The van der Waals surface area contributed by atoms with Crippen molar-refractivity contribution in [3.8, 4) is 40.9 Å². The summed E-state index contributed by atoms with van der Waals surface area (Å²) in [5.41, 5.74) is 6.68. The van der Waals surface area contributed by atoms with Gasteiger partial charge in [-0.25, -0.2) is 0 Å². The highest BCUT2D eigenvalue weighted by Crippen LogP contribution is 2.70. The number of amides is 1. The predicted octanol–water partition coefficient (Wildman–Crippen LogP) is 3.56. The Kier molecular flexibility index (Phi) is 24.8. The van der Waals surface area contributed by atoms with Crippen LogP contribution >= 0.6 is 55.9 Å². The third-order valence-corrected chi connectivity index (χ3v) is 23.4. The first-order valence-electron chi connectivity index (χ1n) is 30.0. The molecule has 3 aliphatic carbocycles. The summed E-state index contributed by atoms with van der Waals surface area (Å²) in [6, 6.07) is -1.24. The molecule has 1 spiro atoms. The molecule has 0 bridgehead atoms. The largest absolute Gasteiger partial charge is 0.492 e. The summed E-state index contributed by atoms with van der Waals surface area (Å²) >= 11 is 2.84. The molecule has 90 heavy (non-hydrogen) atoms. The molecule has 8 rings (SSSR count). The number of benzene rings is 1. The van der Waals surface area contributed by atoms with Gasteiger partial charge in [0.05, 0.1) is 83.2 Å². The Morgan fingerprint density at radius 1 is 0.911 bits per heavy atom. The molecule has 1 amide bonds. The second-order valence-corrected chi connectivity index (χ2v) is 29.6. The lowest BCUT2D eigenvalue weighted by Gasteiger charge is -2.60. The maximum Gasteiger partial charge on any atom is 0.229 e. The minimum atomic E-state index is -1.82. The van der Waals surface area contributed by atoms with Crippen LogP contribution in [0.4, 0.5) is 0 Å². The molecule has 4 aliphatic heterocycles. The van der Waals surface area contributed by atoms with Crippen LogP contribution in [-0.4, -0.2) is 215 Å². The highest BCUT2D eigenvalue weighted by atomic mass is 127. The molecule has 0 aromatic heterocycles. The average Bonchev–Trinajstić information content (AvgIpc) is 1.40. The molecule has 22 atom stereocenters. The van der Waals surface area contributed by atoms with Crippen LogP contribution in [0.25, 0.3) is 0 Å².